The third kappa shape index (κ3) is 9.84. The van der Waals surface area contributed by atoms with Gasteiger partial charge in [0.15, 0.2) is 17.4 Å². The number of carboxylic acids is 1. The Bertz CT molecular complexity index is 1590. The molecule has 6 nitrogen and oxygen atoms in total. The first kappa shape index (κ1) is 35.5. The molecule has 2 N–H and O–H groups in total. The summed E-state index contributed by atoms with van der Waals surface area (Å²) in [5.41, 5.74) is 6.57. The van der Waals surface area contributed by atoms with Crippen LogP contribution in [0, 0.1) is 24.4 Å². The number of ether oxygens (including phenoxy) is 1. The summed E-state index contributed by atoms with van der Waals surface area (Å²) in [6.45, 7) is 4.29. The largest absolute Gasteiger partial charge is 0.490 e. The van der Waals surface area contributed by atoms with Gasteiger partial charge in [0.2, 0.25) is 5.82 Å². The number of hydrogen-bond donors (Lipinski definition) is 2. The molecule has 1 amide bonds. The van der Waals surface area contributed by atoms with Crippen molar-refractivity contribution >= 4 is 17.4 Å². The maximum atomic E-state index is 13.8. The highest BCUT2D eigenvalue weighted by atomic mass is 19.4. The van der Waals surface area contributed by atoms with Crippen LogP contribution in [0.5, 0.6) is 5.75 Å². The van der Waals surface area contributed by atoms with Crippen molar-refractivity contribution in [2.24, 2.45) is 0 Å². The summed E-state index contributed by atoms with van der Waals surface area (Å²) in [5.74, 6) is -6.66. The lowest BCUT2D eigenvalue weighted by atomic mass is 9.92. The van der Waals surface area contributed by atoms with Crippen LogP contribution in [0.3, 0.4) is 0 Å². The summed E-state index contributed by atoms with van der Waals surface area (Å²) < 4.78 is 77.8. The van der Waals surface area contributed by atoms with Gasteiger partial charge in [-0.25, -0.2) is 13.6 Å². The lowest BCUT2D eigenvalue weighted by molar-refractivity contribution is -0.192. The van der Waals surface area contributed by atoms with E-state index in [1.54, 1.807) is 0 Å². The van der Waals surface area contributed by atoms with Gasteiger partial charge in [0.05, 0.1) is 6.61 Å². The molecule has 5 rings (SSSR count). The lowest BCUT2D eigenvalue weighted by Gasteiger charge is -2.28. The number of alkyl halides is 3. The highest BCUT2D eigenvalue weighted by Gasteiger charge is 2.38. The van der Waals surface area contributed by atoms with Gasteiger partial charge in [-0.15, -0.1) is 0 Å². The number of carboxylic acid groups (broad SMARTS) is 1. The van der Waals surface area contributed by atoms with Crippen molar-refractivity contribution in [2.45, 2.75) is 57.7 Å². The van der Waals surface area contributed by atoms with E-state index in [2.05, 4.69) is 35.3 Å². The molecule has 0 saturated heterocycles. The van der Waals surface area contributed by atoms with E-state index >= 15 is 0 Å². The third-order valence-electron chi connectivity index (χ3n) is 8.01. The van der Waals surface area contributed by atoms with Gasteiger partial charge in [-0.05, 0) is 92.0 Å². The highest BCUT2D eigenvalue weighted by Crippen LogP contribution is 2.32. The van der Waals surface area contributed by atoms with Crippen molar-refractivity contribution < 1.29 is 45.8 Å². The summed E-state index contributed by atoms with van der Waals surface area (Å²) in [6.07, 6.45) is -0.169. The topological polar surface area (TPSA) is 78.9 Å². The molecule has 0 aromatic heterocycles. The maximum absolute atomic E-state index is 13.8. The monoisotopic (exact) mass is 662 g/mol. The van der Waals surface area contributed by atoms with Crippen LogP contribution in [0.1, 0.15) is 47.9 Å². The zero-order chi connectivity index (χ0) is 34.1. The van der Waals surface area contributed by atoms with Crippen molar-refractivity contribution in [2.75, 3.05) is 26.2 Å². The molecule has 0 bridgehead atoms. The molecule has 0 spiro atoms. The fraction of sp³-hybridized carbons (Fsp3) is 0.371. The first-order valence-electron chi connectivity index (χ1n) is 15.3. The van der Waals surface area contributed by atoms with Crippen LogP contribution in [0.4, 0.5) is 26.3 Å². The van der Waals surface area contributed by atoms with Crippen molar-refractivity contribution in [1.29, 1.82) is 0 Å². The fourth-order valence-electron chi connectivity index (χ4n) is 5.31. The number of hydrogen-bond acceptors (Lipinski definition) is 4. The van der Waals surface area contributed by atoms with Crippen LogP contribution in [0.15, 0.2) is 66.2 Å². The van der Waals surface area contributed by atoms with E-state index in [1.807, 2.05) is 30.3 Å². The number of aryl methyl sites for hydroxylation is 2. The van der Waals surface area contributed by atoms with Gasteiger partial charge in [0.25, 0.3) is 5.91 Å². The Morgan fingerprint density at radius 1 is 0.957 bits per heavy atom. The summed E-state index contributed by atoms with van der Waals surface area (Å²) in [6, 6.07) is 18.4. The summed E-state index contributed by atoms with van der Waals surface area (Å²) >= 11 is 0. The first-order valence-corrected chi connectivity index (χ1v) is 15.3. The second-order valence-corrected chi connectivity index (χ2v) is 11.4. The number of nitrogens with zero attached hydrogens (tertiary/aromatic N) is 1. The van der Waals surface area contributed by atoms with Crippen molar-refractivity contribution in [3.05, 3.63) is 106 Å². The van der Waals surface area contributed by atoms with E-state index in [0.717, 1.165) is 73.2 Å². The molecule has 1 heterocycles. The van der Waals surface area contributed by atoms with Gasteiger partial charge in [-0.2, -0.15) is 17.6 Å². The standard InChI is InChI=1S/C33H35F3N2O2.C2HF3O2/c1-22-5-2-3-7-24(22)17-19-38(26-12-13-26)33(39)28-21-37-18-16-27(28)25-10-8-23(9-11-25)6-4-20-40-32-30(35)15-14-29(34)31(32)36;3-2(4,5)1(6)7/h2-3,5,7-11,14-15,26,37H,4,6,12-13,16-21H2,1H3;(H,6,7). The van der Waals surface area contributed by atoms with E-state index in [-0.39, 0.29) is 12.5 Å². The predicted molar refractivity (Wildman–Crippen MR) is 164 cm³/mol. The molecule has 47 heavy (non-hydrogen) atoms. The van der Waals surface area contributed by atoms with Crippen LogP contribution < -0.4 is 10.1 Å². The zero-order valence-corrected chi connectivity index (χ0v) is 25.8. The molecule has 2 aliphatic rings. The first-order chi connectivity index (χ1) is 22.4. The fourth-order valence-corrected chi connectivity index (χ4v) is 5.31. The minimum absolute atomic E-state index is 0.0635. The van der Waals surface area contributed by atoms with Crippen LogP contribution in [-0.2, 0) is 22.4 Å². The van der Waals surface area contributed by atoms with Crippen molar-refractivity contribution in [1.82, 2.24) is 10.2 Å². The van der Waals surface area contributed by atoms with Gasteiger partial charge in [0.1, 0.15) is 0 Å². The molecule has 0 unspecified atom stereocenters. The second kappa shape index (κ2) is 16.0. The Morgan fingerprint density at radius 3 is 2.26 bits per heavy atom. The maximum Gasteiger partial charge on any atom is 0.490 e. The number of halogens is 6. The Labute approximate surface area is 269 Å². The molecule has 1 aliphatic carbocycles. The minimum Gasteiger partial charge on any atom is -0.488 e. The molecule has 0 atom stereocenters. The second-order valence-electron chi connectivity index (χ2n) is 11.4. The summed E-state index contributed by atoms with van der Waals surface area (Å²) in [4.78, 5) is 24.8. The summed E-state index contributed by atoms with van der Waals surface area (Å²) in [5, 5.41) is 10.5. The number of carbonyl (C=O) groups is 2. The average Bonchev–Trinajstić information content (AvgIpc) is 3.89. The van der Waals surface area contributed by atoms with Crippen LogP contribution in [-0.4, -0.2) is 60.3 Å². The van der Waals surface area contributed by atoms with E-state index in [0.29, 0.717) is 25.4 Å². The van der Waals surface area contributed by atoms with Gasteiger partial charge >= 0.3 is 12.1 Å². The lowest BCUT2D eigenvalue weighted by Crippen LogP contribution is -2.40. The van der Waals surface area contributed by atoms with Crippen molar-refractivity contribution in [3.8, 4) is 5.75 Å². The Hall–Kier alpha value is -4.32. The van der Waals surface area contributed by atoms with E-state index in [9.17, 15) is 31.1 Å². The number of benzene rings is 3. The number of carbonyl (C=O) groups excluding carboxylic acids is 1. The van der Waals surface area contributed by atoms with E-state index in [1.165, 1.54) is 11.1 Å². The molecule has 3 aromatic carbocycles. The number of nitrogens with one attached hydrogen (secondary N) is 1. The molecule has 0 radical (unpaired) electrons. The van der Waals surface area contributed by atoms with E-state index < -0.39 is 35.3 Å². The number of aliphatic carboxylic acids is 1. The smallest absolute Gasteiger partial charge is 0.488 e. The zero-order valence-electron chi connectivity index (χ0n) is 25.8. The summed E-state index contributed by atoms with van der Waals surface area (Å²) in [7, 11) is 0. The van der Waals surface area contributed by atoms with Crippen LogP contribution in [0.25, 0.3) is 5.57 Å². The predicted octanol–water partition coefficient (Wildman–Crippen LogP) is 7.04. The molecule has 1 saturated carbocycles. The minimum atomic E-state index is -5.08. The highest BCUT2D eigenvalue weighted by molar-refractivity contribution is 6.02. The molecule has 1 aliphatic heterocycles. The number of amides is 1. The molecular weight excluding hydrogens is 626 g/mol. The Morgan fingerprint density at radius 2 is 1.62 bits per heavy atom. The van der Waals surface area contributed by atoms with Gasteiger partial charge in [-0.3, -0.25) is 4.79 Å². The Kier molecular flexibility index (Phi) is 12.1. The van der Waals surface area contributed by atoms with Crippen LogP contribution >= 0.6 is 0 Å². The van der Waals surface area contributed by atoms with Gasteiger partial charge < -0.3 is 20.1 Å². The molecule has 12 heteroatoms. The van der Waals surface area contributed by atoms with Crippen LogP contribution in [0.2, 0.25) is 0 Å². The normalized spacial score (nSPS) is 14.7. The quantitative estimate of drug-likeness (QED) is 0.131. The molecule has 3 aromatic rings. The molecule has 252 valence electrons. The van der Waals surface area contributed by atoms with Gasteiger partial charge in [0, 0.05) is 24.7 Å². The molecule has 1 fully saturated rings. The number of rotatable bonds is 11. The third-order valence-corrected chi connectivity index (χ3v) is 8.01. The molecular formula is C35H36F6N2O4. The SMILES string of the molecule is Cc1ccccc1CCN(C(=O)C1=C(c2ccc(CCCOc3c(F)ccc(F)c3F)cc2)CCNC1)C1CC1.O=C(O)C(F)(F)F. The average molecular weight is 663 g/mol. The van der Waals surface area contributed by atoms with E-state index in [4.69, 9.17) is 14.6 Å². The Balaban J connectivity index is 0.000000644. The van der Waals surface area contributed by atoms with Crippen molar-refractivity contribution in [3.63, 3.8) is 0 Å². The van der Waals surface area contributed by atoms with Gasteiger partial charge in [-0.1, -0.05) is 48.5 Å².